The normalized spacial score (nSPS) is 22.6. The topological polar surface area (TPSA) is 56.3 Å². The van der Waals surface area contributed by atoms with Crippen LogP contribution in [0.5, 0.6) is 5.75 Å². The Morgan fingerprint density at radius 2 is 1.77 bits per heavy atom. The van der Waals surface area contributed by atoms with E-state index in [-0.39, 0.29) is 36.8 Å². The van der Waals surface area contributed by atoms with Gasteiger partial charge in [0.25, 0.3) is 0 Å². The van der Waals surface area contributed by atoms with Crippen molar-refractivity contribution in [2.75, 3.05) is 64.4 Å². The van der Waals surface area contributed by atoms with E-state index in [1.807, 2.05) is 12.1 Å². The molecule has 1 aromatic carbocycles. The maximum absolute atomic E-state index is 12.7. The summed E-state index contributed by atoms with van der Waals surface area (Å²) in [6.45, 7) is 6.60. The van der Waals surface area contributed by atoms with Crippen molar-refractivity contribution in [2.24, 2.45) is 0 Å². The number of halogens is 1. The summed E-state index contributed by atoms with van der Waals surface area (Å²) >= 11 is 0. The van der Waals surface area contributed by atoms with Crippen LogP contribution in [-0.2, 0) is 9.59 Å². The molecule has 3 aliphatic heterocycles. The van der Waals surface area contributed by atoms with E-state index in [0.29, 0.717) is 6.54 Å². The summed E-state index contributed by atoms with van der Waals surface area (Å²) in [4.78, 5) is 33.6. The van der Waals surface area contributed by atoms with E-state index in [1.54, 1.807) is 16.9 Å². The van der Waals surface area contributed by atoms with Gasteiger partial charge in [-0.1, -0.05) is 12.1 Å². The molecule has 3 fully saturated rings. The van der Waals surface area contributed by atoms with Crippen LogP contribution in [0.25, 0.3) is 0 Å². The molecular formula is C22H33ClN4O3. The van der Waals surface area contributed by atoms with Gasteiger partial charge in [0.05, 0.1) is 19.3 Å². The third-order valence-corrected chi connectivity index (χ3v) is 6.45. The number of piperazine rings is 2. The second-order valence-corrected chi connectivity index (χ2v) is 8.21. The Bertz CT molecular complexity index is 739. The molecule has 4 rings (SSSR count). The lowest BCUT2D eigenvalue weighted by atomic mass is 9.98. The standard InChI is InChI=1S/C22H32N4O3.ClH/c1-29-20-9-3-2-7-18(20)24-15-13-23(14-16-24)10-6-11-25-17-21(27)26-12-5-4-8-19(26)22(25)28;/h2-3,7,9,19H,4-6,8,10-17H2,1H3;1H. The van der Waals surface area contributed by atoms with Crippen LogP contribution < -0.4 is 9.64 Å². The maximum atomic E-state index is 12.7. The van der Waals surface area contributed by atoms with Crippen LogP contribution in [0.1, 0.15) is 25.7 Å². The number of hydrogen-bond donors (Lipinski definition) is 0. The summed E-state index contributed by atoms with van der Waals surface area (Å²) in [5.74, 6) is 1.20. The Labute approximate surface area is 185 Å². The molecule has 0 N–H and O–H groups in total. The quantitative estimate of drug-likeness (QED) is 0.681. The highest BCUT2D eigenvalue weighted by Gasteiger charge is 2.40. The first-order chi connectivity index (χ1) is 14.2. The SMILES string of the molecule is COc1ccccc1N1CCN(CCCN2CC(=O)N3CCCCC3C2=O)CC1.Cl. The van der Waals surface area contributed by atoms with Crippen LogP contribution in [0.4, 0.5) is 5.69 Å². The number of rotatable bonds is 6. The molecule has 1 unspecified atom stereocenters. The van der Waals surface area contributed by atoms with Crippen LogP contribution in [-0.4, -0.2) is 92.0 Å². The monoisotopic (exact) mass is 436 g/mol. The molecule has 3 saturated heterocycles. The number of anilines is 1. The number of fused-ring (bicyclic) bond motifs is 1. The summed E-state index contributed by atoms with van der Waals surface area (Å²) in [6, 6.07) is 7.97. The maximum Gasteiger partial charge on any atom is 0.245 e. The molecule has 3 heterocycles. The third-order valence-electron chi connectivity index (χ3n) is 6.45. The number of para-hydroxylation sites is 2. The average Bonchev–Trinajstić information content (AvgIpc) is 2.77. The Morgan fingerprint density at radius 3 is 2.53 bits per heavy atom. The molecule has 7 nitrogen and oxygen atoms in total. The largest absolute Gasteiger partial charge is 0.495 e. The van der Waals surface area contributed by atoms with Gasteiger partial charge < -0.3 is 19.4 Å². The van der Waals surface area contributed by atoms with Gasteiger partial charge in [0.15, 0.2) is 0 Å². The Morgan fingerprint density at radius 1 is 1.00 bits per heavy atom. The first-order valence-corrected chi connectivity index (χ1v) is 10.9. The lowest BCUT2D eigenvalue weighted by Crippen LogP contribution is -2.61. The number of amides is 2. The summed E-state index contributed by atoms with van der Waals surface area (Å²) in [5.41, 5.74) is 1.16. The van der Waals surface area contributed by atoms with Crippen molar-refractivity contribution in [3.8, 4) is 5.75 Å². The Hall–Kier alpha value is -1.99. The van der Waals surface area contributed by atoms with Crippen molar-refractivity contribution in [3.05, 3.63) is 24.3 Å². The van der Waals surface area contributed by atoms with E-state index < -0.39 is 0 Å². The first kappa shape index (κ1) is 22.7. The van der Waals surface area contributed by atoms with Crippen molar-refractivity contribution in [1.82, 2.24) is 14.7 Å². The number of carbonyl (C=O) groups excluding carboxylic acids is 2. The van der Waals surface area contributed by atoms with E-state index in [4.69, 9.17) is 4.74 Å². The van der Waals surface area contributed by atoms with E-state index >= 15 is 0 Å². The number of methoxy groups -OCH3 is 1. The van der Waals surface area contributed by atoms with Gasteiger partial charge in [-0.25, -0.2) is 0 Å². The minimum absolute atomic E-state index is 0. The summed E-state index contributed by atoms with van der Waals surface area (Å²) in [7, 11) is 1.72. The van der Waals surface area contributed by atoms with Gasteiger partial charge in [-0.15, -0.1) is 12.4 Å². The number of hydrogen-bond acceptors (Lipinski definition) is 5. The third kappa shape index (κ3) is 4.83. The van der Waals surface area contributed by atoms with Crippen molar-refractivity contribution >= 4 is 29.9 Å². The number of carbonyl (C=O) groups is 2. The summed E-state index contributed by atoms with van der Waals surface area (Å²) in [5, 5.41) is 0. The zero-order chi connectivity index (χ0) is 20.2. The predicted molar refractivity (Wildman–Crippen MR) is 119 cm³/mol. The molecule has 8 heteroatoms. The fraction of sp³-hybridized carbons (Fsp3) is 0.636. The van der Waals surface area contributed by atoms with Gasteiger partial charge in [-0.2, -0.15) is 0 Å². The molecule has 1 atom stereocenters. The molecule has 0 bridgehead atoms. The molecule has 2 amide bonds. The highest BCUT2D eigenvalue weighted by molar-refractivity contribution is 5.95. The van der Waals surface area contributed by atoms with Crippen molar-refractivity contribution in [3.63, 3.8) is 0 Å². The van der Waals surface area contributed by atoms with Crippen molar-refractivity contribution < 1.29 is 14.3 Å². The Balaban J connectivity index is 0.00000256. The van der Waals surface area contributed by atoms with Crippen LogP contribution in [0, 0.1) is 0 Å². The Kier molecular flexibility index (Phi) is 7.83. The van der Waals surface area contributed by atoms with Crippen molar-refractivity contribution in [1.29, 1.82) is 0 Å². The van der Waals surface area contributed by atoms with Gasteiger partial charge in [0.1, 0.15) is 11.8 Å². The van der Waals surface area contributed by atoms with E-state index in [2.05, 4.69) is 21.9 Å². The summed E-state index contributed by atoms with van der Waals surface area (Å²) in [6.07, 6.45) is 3.81. The number of piperidine rings is 1. The van der Waals surface area contributed by atoms with E-state index in [9.17, 15) is 9.59 Å². The second-order valence-electron chi connectivity index (χ2n) is 8.21. The van der Waals surface area contributed by atoms with Crippen LogP contribution in [0.2, 0.25) is 0 Å². The van der Waals surface area contributed by atoms with Gasteiger partial charge in [0.2, 0.25) is 11.8 Å². The van der Waals surface area contributed by atoms with E-state index in [0.717, 1.165) is 76.4 Å². The fourth-order valence-electron chi connectivity index (χ4n) is 4.81. The highest BCUT2D eigenvalue weighted by Crippen LogP contribution is 2.28. The van der Waals surface area contributed by atoms with Crippen LogP contribution in [0.3, 0.4) is 0 Å². The van der Waals surface area contributed by atoms with Gasteiger partial charge in [0, 0.05) is 39.3 Å². The minimum Gasteiger partial charge on any atom is -0.495 e. The van der Waals surface area contributed by atoms with Crippen LogP contribution >= 0.6 is 12.4 Å². The first-order valence-electron chi connectivity index (χ1n) is 10.9. The average molecular weight is 437 g/mol. The highest BCUT2D eigenvalue weighted by atomic mass is 35.5. The predicted octanol–water partition coefficient (Wildman–Crippen LogP) is 1.85. The fourth-order valence-corrected chi connectivity index (χ4v) is 4.81. The number of benzene rings is 1. The number of ether oxygens (including phenoxy) is 1. The van der Waals surface area contributed by atoms with Gasteiger partial charge in [-0.05, 0) is 44.4 Å². The molecule has 0 radical (unpaired) electrons. The number of nitrogens with zero attached hydrogens (tertiary/aromatic N) is 4. The van der Waals surface area contributed by atoms with Gasteiger partial charge in [-0.3, -0.25) is 14.5 Å². The van der Waals surface area contributed by atoms with Crippen LogP contribution in [0.15, 0.2) is 24.3 Å². The zero-order valence-corrected chi connectivity index (χ0v) is 18.6. The molecular weight excluding hydrogens is 404 g/mol. The molecule has 0 aromatic heterocycles. The van der Waals surface area contributed by atoms with Crippen molar-refractivity contribution in [2.45, 2.75) is 31.7 Å². The molecule has 0 saturated carbocycles. The zero-order valence-electron chi connectivity index (χ0n) is 17.8. The molecule has 1 aromatic rings. The molecule has 30 heavy (non-hydrogen) atoms. The lowest BCUT2D eigenvalue weighted by molar-refractivity contribution is -0.157. The van der Waals surface area contributed by atoms with Gasteiger partial charge >= 0.3 is 0 Å². The second kappa shape index (κ2) is 10.4. The molecule has 166 valence electrons. The lowest BCUT2D eigenvalue weighted by Gasteiger charge is -2.43. The molecule has 0 spiro atoms. The smallest absolute Gasteiger partial charge is 0.245 e. The minimum atomic E-state index is -0.200. The molecule has 0 aliphatic carbocycles. The van der Waals surface area contributed by atoms with E-state index in [1.165, 1.54) is 0 Å². The summed E-state index contributed by atoms with van der Waals surface area (Å²) < 4.78 is 5.49. The molecule has 3 aliphatic rings.